The van der Waals surface area contributed by atoms with Crippen molar-refractivity contribution in [3.8, 4) is 0 Å². The smallest absolute Gasteiger partial charge is 0.262 e. The molecule has 3 aromatic heterocycles. The molecule has 3 aromatic rings. The minimum Gasteiger partial charge on any atom is -0.364 e. The molecule has 0 aliphatic carbocycles. The minimum absolute atomic E-state index is 0.0103. The first-order valence-corrected chi connectivity index (χ1v) is 7.08. The second-order valence-electron chi connectivity index (χ2n) is 3.68. The SMILES string of the molecule is Cn1c(SCc2ccon2)nc2sccc2c1=O. The van der Waals surface area contributed by atoms with Gasteiger partial charge in [-0.05, 0) is 11.4 Å². The van der Waals surface area contributed by atoms with Gasteiger partial charge < -0.3 is 4.52 Å². The lowest BCUT2D eigenvalue weighted by Gasteiger charge is -2.05. The van der Waals surface area contributed by atoms with Crippen molar-refractivity contribution in [1.82, 2.24) is 14.7 Å². The molecule has 0 radical (unpaired) electrons. The summed E-state index contributed by atoms with van der Waals surface area (Å²) in [5, 5.41) is 7.07. The van der Waals surface area contributed by atoms with Gasteiger partial charge in [0.2, 0.25) is 0 Å². The average molecular weight is 279 g/mol. The monoisotopic (exact) mass is 279 g/mol. The molecule has 0 N–H and O–H groups in total. The molecule has 5 nitrogen and oxygen atoms in total. The van der Waals surface area contributed by atoms with Crippen LogP contribution in [0.25, 0.3) is 10.2 Å². The van der Waals surface area contributed by atoms with Crippen molar-refractivity contribution < 1.29 is 4.52 Å². The lowest BCUT2D eigenvalue weighted by Crippen LogP contribution is -2.19. The third kappa shape index (κ3) is 1.95. The maximum absolute atomic E-state index is 12.1. The quantitative estimate of drug-likeness (QED) is 0.543. The zero-order valence-corrected chi connectivity index (χ0v) is 11.1. The highest BCUT2D eigenvalue weighted by atomic mass is 32.2. The Kier molecular flexibility index (Phi) is 2.92. The number of fused-ring (bicyclic) bond motifs is 1. The zero-order valence-electron chi connectivity index (χ0n) is 9.49. The first kappa shape index (κ1) is 11.5. The normalized spacial score (nSPS) is 11.2. The second kappa shape index (κ2) is 4.58. The number of nitrogens with zero attached hydrogens (tertiary/aromatic N) is 3. The van der Waals surface area contributed by atoms with Crippen LogP contribution in [-0.2, 0) is 12.8 Å². The van der Waals surface area contributed by atoms with Crippen molar-refractivity contribution in [2.45, 2.75) is 10.9 Å². The van der Waals surface area contributed by atoms with Gasteiger partial charge in [0.15, 0.2) is 5.16 Å². The van der Waals surface area contributed by atoms with Gasteiger partial charge in [-0.1, -0.05) is 16.9 Å². The molecule has 92 valence electrons. The van der Waals surface area contributed by atoms with E-state index in [4.69, 9.17) is 4.52 Å². The predicted molar refractivity (Wildman–Crippen MR) is 70.9 cm³/mol. The van der Waals surface area contributed by atoms with E-state index in [9.17, 15) is 4.79 Å². The van der Waals surface area contributed by atoms with Gasteiger partial charge in [-0.2, -0.15) is 0 Å². The number of thiophene rings is 1. The van der Waals surface area contributed by atoms with E-state index >= 15 is 0 Å². The summed E-state index contributed by atoms with van der Waals surface area (Å²) >= 11 is 2.95. The van der Waals surface area contributed by atoms with Gasteiger partial charge in [0, 0.05) is 18.9 Å². The van der Waals surface area contributed by atoms with Gasteiger partial charge in [-0.25, -0.2) is 4.98 Å². The van der Waals surface area contributed by atoms with Crippen molar-refractivity contribution in [3.05, 3.63) is 39.8 Å². The molecule has 0 atom stereocenters. The first-order chi connectivity index (χ1) is 8.75. The number of thioether (sulfide) groups is 1. The molecule has 0 fully saturated rings. The van der Waals surface area contributed by atoms with Crippen molar-refractivity contribution in [1.29, 1.82) is 0 Å². The molecule has 3 rings (SSSR count). The molecule has 0 saturated heterocycles. The van der Waals surface area contributed by atoms with Crippen LogP contribution >= 0.6 is 23.1 Å². The number of hydrogen-bond donors (Lipinski definition) is 0. The maximum atomic E-state index is 12.1. The number of rotatable bonds is 3. The van der Waals surface area contributed by atoms with E-state index in [1.54, 1.807) is 23.7 Å². The summed E-state index contributed by atoms with van der Waals surface area (Å²) in [6.45, 7) is 0. The fourth-order valence-electron chi connectivity index (χ4n) is 1.56. The van der Waals surface area contributed by atoms with Gasteiger partial charge in [0.1, 0.15) is 11.1 Å². The molecular formula is C11H9N3O2S2. The summed E-state index contributed by atoms with van der Waals surface area (Å²) in [7, 11) is 1.73. The Morgan fingerprint density at radius 2 is 2.39 bits per heavy atom. The first-order valence-electron chi connectivity index (χ1n) is 5.22. The highest BCUT2D eigenvalue weighted by Crippen LogP contribution is 2.22. The second-order valence-corrected chi connectivity index (χ2v) is 5.51. The molecule has 0 saturated carbocycles. The number of aromatic nitrogens is 3. The molecule has 0 aliphatic rings. The van der Waals surface area contributed by atoms with E-state index in [0.717, 1.165) is 10.5 Å². The fourth-order valence-corrected chi connectivity index (χ4v) is 3.23. The van der Waals surface area contributed by atoms with Gasteiger partial charge in [0.05, 0.1) is 11.1 Å². The van der Waals surface area contributed by atoms with Crippen molar-refractivity contribution in [2.75, 3.05) is 0 Å². The molecule has 0 amide bonds. The van der Waals surface area contributed by atoms with Gasteiger partial charge >= 0.3 is 0 Å². The lowest BCUT2D eigenvalue weighted by atomic mass is 10.4. The lowest BCUT2D eigenvalue weighted by molar-refractivity contribution is 0.414. The van der Waals surface area contributed by atoms with Crippen LogP contribution in [0.4, 0.5) is 0 Å². The Hall–Kier alpha value is -1.60. The maximum Gasteiger partial charge on any atom is 0.262 e. The standard InChI is InChI=1S/C11H9N3O2S2/c1-14-10(15)8-3-5-17-9(8)12-11(14)18-6-7-2-4-16-13-7/h2-5H,6H2,1H3. The topological polar surface area (TPSA) is 60.9 Å². The van der Waals surface area contributed by atoms with Gasteiger partial charge in [0.25, 0.3) is 5.56 Å². The molecule has 0 spiro atoms. The zero-order chi connectivity index (χ0) is 12.5. The van der Waals surface area contributed by atoms with Gasteiger partial charge in [-0.15, -0.1) is 11.3 Å². The Bertz CT molecular complexity index is 730. The summed E-state index contributed by atoms with van der Waals surface area (Å²) < 4.78 is 6.33. The van der Waals surface area contributed by atoms with E-state index in [0.29, 0.717) is 16.3 Å². The Labute approximate surface area is 110 Å². The molecule has 7 heteroatoms. The van der Waals surface area contributed by atoms with E-state index in [1.807, 2.05) is 5.38 Å². The van der Waals surface area contributed by atoms with E-state index in [2.05, 4.69) is 10.1 Å². The van der Waals surface area contributed by atoms with Crippen LogP contribution in [0, 0.1) is 0 Å². The van der Waals surface area contributed by atoms with E-state index < -0.39 is 0 Å². The van der Waals surface area contributed by atoms with E-state index in [1.165, 1.54) is 29.4 Å². The Morgan fingerprint density at radius 1 is 1.50 bits per heavy atom. The summed E-state index contributed by atoms with van der Waals surface area (Å²) in [6, 6.07) is 3.61. The molecule has 3 heterocycles. The summed E-state index contributed by atoms with van der Waals surface area (Å²) in [5.74, 6) is 0.633. The van der Waals surface area contributed by atoms with Crippen molar-refractivity contribution in [2.24, 2.45) is 7.05 Å². The summed E-state index contributed by atoms with van der Waals surface area (Å²) in [6.07, 6.45) is 1.53. The van der Waals surface area contributed by atoms with Crippen molar-refractivity contribution >= 4 is 33.3 Å². The Morgan fingerprint density at radius 3 is 3.17 bits per heavy atom. The number of hydrogen-bond acceptors (Lipinski definition) is 6. The molecule has 0 unspecified atom stereocenters. The van der Waals surface area contributed by atoms with Crippen LogP contribution in [0.5, 0.6) is 0 Å². The van der Waals surface area contributed by atoms with Crippen LogP contribution < -0.4 is 5.56 Å². The average Bonchev–Trinajstić information content (AvgIpc) is 3.02. The minimum atomic E-state index is -0.0103. The predicted octanol–water partition coefficient (Wildman–Crippen LogP) is 2.28. The Balaban J connectivity index is 1.96. The summed E-state index contributed by atoms with van der Waals surface area (Å²) in [5.41, 5.74) is 0.824. The summed E-state index contributed by atoms with van der Waals surface area (Å²) in [4.78, 5) is 17.3. The molecule has 0 bridgehead atoms. The van der Waals surface area contributed by atoms with Gasteiger partial charge in [-0.3, -0.25) is 9.36 Å². The molecule has 0 aromatic carbocycles. The van der Waals surface area contributed by atoms with E-state index in [-0.39, 0.29) is 5.56 Å². The largest absolute Gasteiger partial charge is 0.364 e. The van der Waals surface area contributed by atoms with Crippen LogP contribution in [0.2, 0.25) is 0 Å². The fraction of sp³-hybridized carbons (Fsp3) is 0.182. The molecule has 18 heavy (non-hydrogen) atoms. The van der Waals surface area contributed by atoms with Crippen LogP contribution in [0.15, 0.2) is 38.3 Å². The highest BCUT2D eigenvalue weighted by molar-refractivity contribution is 7.98. The van der Waals surface area contributed by atoms with Crippen LogP contribution in [-0.4, -0.2) is 14.7 Å². The van der Waals surface area contributed by atoms with Crippen molar-refractivity contribution in [3.63, 3.8) is 0 Å². The highest BCUT2D eigenvalue weighted by Gasteiger charge is 2.10. The molecule has 0 aliphatic heterocycles. The van der Waals surface area contributed by atoms with Crippen LogP contribution in [0.1, 0.15) is 5.69 Å². The third-order valence-electron chi connectivity index (χ3n) is 2.50. The molecular weight excluding hydrogens is 270 g/mol. The van der Waals surface area contributed by atoms with Crippen LogP contribution in [0.3, 0.4) is 0 Å². The third-order valence-corrected chi connectivity index (χ3v) is 4.37.